The van der Waals surface area contributed by atoms with E-state index in [1.807, 2.05) is 30.3 Å². The molecule has 134 valence electrons. The molecular formula is C19H15N5O3. The maximum absolute atomic E-state index is 12.7. The summed E-state index contributed by atoms with van der Waals surface area (Å²) in [4.78, 5) is 17.0. The van der Waals surface area contributed by atoms with Crippen LogP contribution in [0.5, 0.6) is 11.5 Å². The van der Waals surface area contributed by atoms with Gasteiger partial charge in [-0.25, -0.2) is 9.67 Å². The van der Waals surface area contributed by atoms with Gasteiger partial charge in [-0.15, -0.1) is 0 Å². The third-order valence-electron chi connectivity index (χ3n) is 4.01. The molecule has 4 rings (SSSR count). The minimum Gasteiger partial charge on any atom is -0.504 e. The van der Waals surface area contributed by atoms with E-state index in [0.717, 1.165) is 10.4 Å². The van der Waals surface area contributed by atoms with E-state index in [9.17, 15) is 9.90 Å². The lowest BCUT2D eigenvalue weighted by molar-refractivity contribution is 0.373. The van der Waals surface area contributed by atoms with Crippen LogP contribution in [0.1, 0.15) is 5.56 Å². The van der Waals surface area contributed by atoms with E-state index in [4.69, 9.17) is 4.74 Å². The number of para-hydroxylation sites is 1. The molecule has 0 aliphatic heterocycles. The van der Waals surface area contributed by atoms with Crippen LogP contribution in [0.2, 0.25) is 0 Å². The van der Waals surface area contributed by atoms with E-state index < -0.39 is 0 Å². The number of aromatic nitrogens is 4. The van der Waals surface area contributed by atoms with Crippen molar-refractivity contribution < 1.29 is 9.84 Å². The number of aromatic hydroxyl groups is 1. The number of methoxy groups -OCH3 is 1. The number of rotatable bonds is 4. The van der Waals surface area contributed by atoms with Gasteiger partial charge in [0.1, 0.15) is 11.7 Å². The molecule has 4 aromatic rings. The smallest absolute Gasteiger partial charge is 0.285 e. The molecule has 2 aromatic carbocycles. The molecule has 0 radical (unpaired) electrons. The first kappa shape index (κ1) is 16.5. The minimum atomic E-state index is -0.329. The van der Waals surface area contributed by atoms with Crippen LogP contribution < -0.4 is 10.3 Å². The van der Waals surface area contributed by atoms with E-state index >= 15 is 0 Å². The fraction of sp³-hybridized carbons (Fsp3) is 0.0526. The molecule has 0 unspecified atom stereocenters. The molecule has 0 saturated heterocycles. The van der Waals surface area contributed by atoms with Gasteiger partial charge in [-0.3, -0.25) is 4.79 Å². The molecule has 0 bridgehead atoms. The molecule has 2 heterocycles. The fourth-order valence-electron chi connectivity index (χ4n) is 2.65. The van der Waals surface area contributed by atoms with Crippen molar-refractivity contribution in [1.82, 2.24) is 19.4 Å². The van der Waals surface area contributed by atoms with Crippen molar-refractivity contribution in [2.24, 2.45) is 5.10 Å². The van der Waals surface area contributed by atoms with Gasteiger partial charge in [-0.1, -0.05) is 18.2 Å². The van der Waals surface area contributed by atoms with Gasteiger partial charge in [0.2, 0.25) is 0 Å². The molecule has 0 aliphatic rings. The van der Waals surface area contributed by atoms with Crippen molar-refractivity contribution in [1.29, 1.82) is 0 Å². The van der Waals surface area contributed by atoms with Gasteiger partial charge in [0.25, 0.3) is 5.56 Å². The van der Waals surface area contributed by atoms with Crippen molar-refractivity contribution in [3.8, 4) is 17.2 Å². The Morgan fingerprint density at radius 2 is 2.00 bits per heavy atom. The molecule has 0 saturated carbocycles. The van der Waals surface area contributed by atoms with Crippen LogP contribution >= 0.6 is 0 Å². The van der Waals surface area contributed by atoms with Crippen LogP contribution in [0.3, 0.4) is 0 Å². The van der Waals surface area contributed by atoms with Crippen molar-refractivity contribution in [2.75, 3.05) is 7.11 Å². The van der Waals surface area contributed by atoms with Crippen LogP contribution in [0.4, 0.5) is 0 Å². The first-order valence-corrected chi connectivity index (χ1v) is 8.09. The molecule has 8 heteroatoms. The molecule has 0 spiro atoms. The Bertz CT molecular complexity index is 1200. The summed E-state index contributed by atoms with van der Waals surface area (Å²) in [7, 11) is 1.46. The van der Waals surface area contributed by atoms with Crippen LogP contribution in [0, 0.1) is 0 Å². The van der Waals surface area contributed by atoms with Crippen LogP contribution in [-0.2, 0) is 0 Å². The summed E-state index contributed by atoms with van der Waals surface area (Å²) in [5.41, 5.74) is 1.61. The summed E-state index contributed by atoms with van der Waals surface area (Å²) in [6.07, 6.45) is 4.31. The Morgan fingerprint density at radius 3 is 2.78 bits per heavy atom. The number of phenols is 1. The number of benzene rings is 2. The Labute approximate surface area is 153 Å². The third kappa shape index (κ3) is 3.04. The van der Waals surface area contributed by atoms with Gasteiger partial charge in [-0.05, 0) is 35.9 Å². The van der Waals surface area contributed by atoms with Gasteiger partial charge in [0.15, 0.2) is 17.1 Å². The molecule has 0 fully saturated rings. The Balaban J connectivity index is 1.72. The molecule has 0 aliphatic carbocycles. The van der Waals surface area contributed by atoms with Crippen molar-refractivity contribution >= 4 is 17.2 Å². The molecule has 0 atom stereocenters. The summed E-state index contributed by atoms with van der Waals surface area (Å²) in [6, 6.07) is 14.2. The Morgan fingerprint density at radius 1 is 1.19 bits per heavy atom. The zero-order valence-electron chi connectivity index (χ0n) is 14.4. The average Bonchev–Trinajstić information content (AvgIpc) is 3.14. The lowest BCUT2D eigenvalue weighted by atomic mass is 10.2. The molecular weight excluding hydrogens is 346 g/mol. The predicted molar refractivity (Wildman–Crippen MR) is 101 cm³/mol. The van der Waals surface area contributed by atoms with Gasteiger partial charge in [0.05, 0.1) is 25.2 Å². The van der Waals surface area contributed by atoms with Crippen molar-refractivity contribution in [2.45, 2.75) is 0 Å². The normalized spacial score (nSPS) is 11.3. The van der Waals surface area contributed by atoms with Crippen LogP contribution in [0.25, 0.3) is 16.7 Å². The standard InChI is InChI=1S/C19H15N5O3/c1-27-17-9-13(7-8-16(17)25)10-21-23-12-20-18-15(19(23)26)11-22-24(18)14-5-3-2-4-6-14/h2-12,25H,1H3/b21-10+. The fourth-order valence-corrected chi connectivity index (χ4v) is 2.65. The summed E-state index contributed by atoms with van der Waals surface area (Å²) in [6.45, 7) is 0. The Hall–Kier alpha value is -3.94. The number of nitrogens with zero attached hydrogens (tertiary/aromatic N) is 5. The second kappa shape index (κ2) is 6.75. The molecule has 1 N–H and O–H groups in total. The highest BCUT2D eigenvalue weighted by atomic mass is 16.5. The minimum absolute atomic E-state index is 0.0308. The van der Waals surface area contributed by atoms with Gasteiger partial charge in [-0.2, -0.15) is 14.9 Å². The largest absolute Gasteiger partial charge is 0.504 e. The predicted octanol–water partition coefficient (Wildman–Crippen LogP) is 2.18. The van der Waals surface area contributed by atoms with Gasteiger partial charge >= 0.3 is 0 Å². The second-order valence-corrected chi connectivity index (χ2v) is 5.70. The number of fused-ring (bicyclic) bond motifs is 1. The van der Waals surface area contributed by atoms with Crippen molar-refractivity contribution in [3.05, 3.63) is 77.0 Å². The highest BCUT2D eigenvalue weighted by Gasteiger charge is 2.11. The molecule has 0 amide bonds. The highest BCUT2D eigenvalue weighted by molar-refractivity contribution is 5.81. The number of hydrogen-bond acceptors (Lipinski definition) is 6. The molecule has 2 aromatic heterocycles. The number of ether oxygens (including phenoxy) is 1. The lowest BCUT2D eigenvalue weighted by Gasteiger charge is -2.04. The monoisotopic (exact) mass is 361 g/mol. The van der Waals surface area contributed by atoms with Gasteiger partial charge in [0, 0.05) is 0 Å². The average molecular weight is 361 g/mol. The maximum atomic E-state index is 12.7. The molecule has 8 nitrogen and oxygen atoms in total. The lowest BCUT2D eigenvalue weighted by Crippen LogP contribution is -2.17. The summed E-state index contributed by atoms with van der Waals surface area (Å²) >= 11 is 0. The van der Waals surface area contributed by atoms with Crippen molar-refractivity contribution in [3.63, 3.8) is 0 Å². The summed E-state index contributed by atoms with van der Waals surface area (Å²) < 4.78 is 7.80. The zero-order chi connectivity index (χ0) is 18.8. The summed E-state index contributed by atoms with van der Waals surface area (Å²) in [5.74, 6) is 0.354. The zero-order valence-corrected chi connectivity index (χ0v) is 14.4. The number of phenolic OH excluding ortho intramolecular Hbond substituents is 1. The van der Waals surface area contributed by atoms with E-state index in [-0.39, 0.29) is 11.3 Å². The summed E-state index contributed by atoms with van der Waals surface area (Å²) in [5, 5.41) is 18.4. The third-order valence-corrected chi connectivity index (χ3v) is 4.01. The first-order chi connectivity index (χ1) is 13.2. The topological polar surface area (TPSA) is 94.5 Å². The maximum Gasteiger partial charge on any atom is 0.285 e. The van der Waals surface area contributed by atoms with E-state index in [1.54, 1.807) is 16.8 Å². The van der Waals surface area contributed by atoms with E-state index in [2.05, 4.69) is 15.2 Å². The number of hydrogen-bond donors (Lipinski definition) is 1. The van der Waals surface area contributed by atoms with Crippen LogP contribution in [-0.4, -0.2) is 37.9 Å². The highest BCUT2D eigenvalue weighted by Crippen LogP contribution is 2.25. The first-order valence-electron chi connectivity index (χ1n) is 8.09. The quantitative estimate of drug-likeness (QED) is 0.562. The van der Waals surface area contributed by atoms with Gasteiger partial charge < -0.3 is 9.84 Å². The van der Waals surface area contributed by atoms with E-state index in [0.29, 0.717) is 22.3 Å². The molecule has 27 heavy (non-hydrogen) atoms. The van der Waals surface area contributed by atoms with E-state index in [1.165, 1.54) is 31.9 Å². The second-order valence-electron chi connectivity index (χ2n) is 5.70. The van der Waals surface area contributed by atoms with Crippen LogP contribution in [0.15, 0.2) is 71.0 Å². The SMILES string of the molecule is COc1cc(/C=N/n2cnc3c(cnn3-c3ccccc3)c2=O)ccc1O. The Kier molecular flexibility index (Phi) is 4.13.